The van der Waals surface area contributed by atoms with Crippen molar-refractivity contribution >= 4 is 11.9 Å². The third-order valence-electron chi connectivity index (χ3n) is 3.92. The van der Waals surface area contributed by atoms with Crippen LogP contribution in [-0.4, -0.2) is 23.5 Å². The van der Waals surface area contributed by atoms with Gasteiger partial charge in [-0.15, -0.1) is 0 Å². The second-order valence-corrected chi connectivity index (χ2v) is 5.39. The molecule has 1 saturated carbocycles. The van der Waals surface area contributed by atoms with Crippen LogP contribution >= 0.6 is 0 Å². The number of nitrogens with one attached hydrogen (secondary N) is 1. The molecular formula is C15H17F2NO3. The lowest BCUT2D eigenvalue weighted by molar-refractivity contribution is -0.143. The lowest BCUT2D eigenvalue weighted by Crippen LogP contribution is -2.32. The highest BCUT2D eigenvalue weighted by atomic mass is 19.1. The van der Waals surface area contributed by atoms with Gasteiger partial charge in [0, 0.05) is 12.6 Å². The highest BCUT2D eigenvalue weighted by Gasteiger charge is 2.26. The molecule has 6 heteroatoms. The van der Waals surface area contributed by atoms with Gasteiger partial charge in [-0.25, -0.2) is 8.78 Å². The zero-order valence-corrected chi connectivity index (χ0v) is 11.4. The SMILES string of the molecule is O=C(NCC1CCC(C(=O)O)CC1)c1ccc(F)cc1F. The first-order chi connectivity index (χ1) is 9.97. The minimum absolute atomic E-state index is 0.185. The van der Waals surface area contributed by atoms with E-state index in [1.54, 1.807) is 0 Å². The minimum atomic E-state index is -0.887. The van der Waals surface area contributed by atoms with Gasteiger partial charge in [0.05, 0.1) is 11.5 Å². The molecule has 0 aromatic heterocycles. The molecule has 0 unspecified atom stereocenters. The molecule has 1 amide bonds. The molecule has 0 heterocycles. The fourth-order valence-corrected chi connectivity index (χ4v) is 2.62. The highest BCUT2D eigenvalue weighted by Crippen LogP contribution is 2.28. The Morgan fingerprint density at radius 2 is 1.86 bits per heavy atom. The zero-order valence-electron chi connectivity index (χ0n) is 11.4. The number of carbonyl (C=O) groups excluding carboxylic acids is 1. The van der Waals surface area contributed by atoms with Gasteiger partial charge in [0.25, 0.3) is 5.91 Å². The van der Waals surface area contributed by atoms with E-state index in [0.29, 0.717) is 25.5 Å². The van der Waals surface area contributed by atoms with Gasteiger partial charge in [0.1, 0.15) is 11.6 Å². The van der Waals surface area contributed by atoms with Gasteiger partial charge in [0.2, 0.25) is 0 Å². The van der Waals surface area contributed by atoms with Crippen LogP contribution in [0.5, 0.6) is 0 Å². The summed E-state index contributed by atoms with van der Waals surface area (Å²) in [4.78, 5) is 22.7. The molecule has 1 aliphatic carbocycles. The van der Waals surface area contributed by atoms with Crippen LogP contribution in [0.4, 0.5) is 8.78 Å². The maximum Gasteiger partial charge on any atom is 0.306 e. The van der Waals surface area contributed by atoms with Crippen LogP contribution in [0.25, 0.3) is 0 Å². The quantitative estimate of drug-likeness (QED) is 0.897. The molecule has 0 atom stereocenters. The first-order valence-electron chi connectivity index (χ1n) is 6.93. The number of hydrogen-bond donors (Lipinski definition) is 2. The summed E-state index contributed by atoms with van der Waals surface area (Å²) in [6.07, 6.45) is 2.65. The van der Waals surface area contributed by atoms with Crippen LogP contribution in [0.1, 0.15) is 36.0 Å². The van der Waals surface area contributed by atoms with Crippen LogP contribution in [0, 0.1) is 23.5 Å². The summed E-state index contributed by atoms with van der Waals surface area (Å²) in [7, 11) is 0. The van der Waals surface area contributed by atoms with Gasteiger partial charge in [-0.2, -0.15) is 0 Å². The highest BCUT2D eigenvalue weighted by molar-refractivity contribution is 5.94. The van der Waals surface area contributed by atoms with E-state index >= 15 is 0 Å². The first kappa shape index (κ1) is 15.4. The smallest absolute Gasteiger partial charge is 0.306 e. The van der Waals surface area contributed by atoms with Crippen molar-refractivity contribution in [2.75, 3.05) is 6.54 Å². The van der Waals surface area contributed by atoms with Gasteiger partial charge < -0.3 is 10.4 Å². The monoisotopic (exact) mass is 297 g/mol. The molecule has 1 fully saturated rings. The fraction of sp³-hybridized carbons (Fsp3) is 0.467. The average Bonchev–Trinajstić information content (AvgIpc) is 2.45. The first-order valence-corrected chi connectivity index (χ1v) is 6.93. The van der Waals surface area contributed by atoms with Crippen molar-refractivity contribution < 1.29 is 23.5 Å². The third kappa shape index (κ3) is 4.00. The van der Waals surface area contributed by atoms with E-state index in [2.05, 4.69) is 5.32 Å². The Labute approximate surface area is 121 Å². The summed E-state index contributed by atoms with van der Waals surface area (Å²) in [5.74, 6) is -3.06. The van der Waals surface area contributed by atoms with Crippen LogP contribution in [-0.2, 0) is 4.79 Å². The normalized spacial score (nSPS) is 21.8. The fourth-order valence-electron chi connectivity index (χ4n) is 2.62. The van der Waals surface area contributed by atoms with Crippen LogP contribution in [0.3, 0.4) is 0 Å². The number of amides is 1. The molecule has 0 aliphatic heterocycles. The molecule has 1 aliphatic rings. The van der Waals surface area contributed by atoms with E-state index in [4.69, 9.17) is 5.11 Å². The lowest BCUT2D eigenvalue weighted by Gasteiger charge is -2.26. The predicted octanol–water partition coefficient (Wildman–Crippen LogP) is 2.59. The van der Waals surface area contributed by atoms with E-state index < -0.39 is 23.5 Å². The van der Waals surface area contributed by atoms with Gasteiger partial charge in [-0.3, -0.25) is 9.59 Å². The Morgan fingerprint density at radius 3 is 2.43 bits per heavy atom. The van der Waals surface area contributed by atoms with Gasteiger partial charge >= 0.3 is 5.97 Å². The summed E-state index contributed by atoms with van der Waals surface area (Å²) in [6, 6.07) is 2.82. The molecule has 0 saturated heterocycles. The van der Waals surface area contributed by atoms with E-state index in [-0.39, 0.29) is 17.4 Å². The molecule has 1 aromatic rings. The molecule has 21 heavy (non-hydrogen) atoms. The molecule has 2 rings (SSSR count). The Kier molecular flexibility index (Phi) is 4.88. The topological polar surface area (TPSA) is 66.4 Å². The van der Waals surface area contributed by atoms with Crippen LogP contribution < -0.4 is 5.32 Å². The van der Waals surface area contributed by atoms with Crippen LogP contribution in [0.15, 0.2) is 18.2 Å². The molecule has 1 aromatic carbocycles. The summed E-state index contributed by atoms with van der Waals surface area (Å²) in [6.45, 7) is 0.377. The zero-order chi connectivity index (χ0) is 15.4. The predicted molar refractivity (Wildman–Crippen MR) is 71.8 cm³/mol. The standard InChI is InChI=1S/C15H17F2NO3/c16-11-5-6-12(13(17)7-11)14(19)18-8-9-1-3-10(4-2-9)15(20)21/h5-7,9-10H,1-4,8H2,(H,18,19)(H,20,21). The molecule has 114 valence electrons. The second-order valence-electron chi connectivity index (χ2n) is 5.39. The lowest BCUT2D eigenvalue weighted by atomic mass is 9.82. The van der Waals surface area contributed by atoms with E-state index in [1.165, 1.54) is 0 Å². The van der Waals surface area contributed by atoms with E-state index in [0.717, 1.165) is 25.0 Å². The molecule has 0 spiro atoms. The second kappa shape index (κ2) is 6.65. The van der Waals surface area contributed by atoms with Crippen molar-refractivity contribution in [2.24, 2.45) is 11.8 Å². The molecule has 0 radical (unpaired) electrons. The van der Waals surface area contributed by atoms with Gasteiger partial charge in [-0.05, 0) is 43.7 Å². The molecular weight excluding hydrogens is 280 g/mol. The maximum atomic E-state index is 13.4. The number of carboxylic acids is 1. The van der Waals surface area contributed by atoms with Crippen molar-refractivity contribution in [3.63, 3.8) is 0 Å². The number of rotatable bonds is 4. The maximum absolute atomic E-state index is 13.4. The Morgan fingerprint density at radius 1 is 1.19 bits per heavy atom. The van der Waals surface area contributed by atoms with Gasteiger partial charge in [-0.1, -0.05) is 0 Å². The largest absolute Gasteiger partial charge is 0.481 e. The minimum Gasteiger partial charge on any atom is -0.481 e. The van der Waals surface area contributed by atoms with Gasteiger partial charge in [0.15, 0.2) is 0 Å². The summed E-state index contributed by atoms with van der Waals surface area (Å²) in [5, 5.41) is 11.5. The van der Waals surface area contributed by atoms with Crippen LogP contribution in [0.2, 0.25) is 0 Å². The van der Waals surface area contributed by atoms with Crippen molar-refractivity contribution in [1.29, 1.82) is 0 Å². The Hall–Kier alpha value is -1.98. The number of benzene rings is 1. The van der Waals surface area contributed by atoms with E-state index in [9.17, 15) is 18.4 Å². The molecule has 4 nitrogen and oxygen atoms in total. The summed E-state index contributed by atoms with van der Waals surface area (Å²) in [5.41, 5.74) is -0.185. The third-order valence-corrected chi connectivity index (χ3v) is 3.92. The number of carbonyl (C=O) groups is 2. The average molecular weight is 297 g/mol. The Bertz CT molecular complexity index is 540. The summed E-state index contributed by atoms with van der Waals surface area (Å²) >= 11 is 0. The van der Waals surface area contributed by atoms with E-state index in [1.807, 2.05) is 0 Å². The van der Waals surface area contributed by atoms with Crippen molar-refractivity contribution in [2.45, 2.75) is 25.7 Å². The number of aliphatic carboxylic acids is 1. The van der Waals surface area contributed by atoms with Crippen molar-refractivity contribution in [3.8, 4) is 0 Å². The number of halogens is 2. The number of carboxylic acid groups (broad SMARTS) is 1. The Balaban J connectivity index is 1.83. The van der Waals surface area contributed by atoms with Crippen molar-refractivity contribution in [3.05, 3.63) is 35.4 Å². The van der Waals surface area contributed by atoms with Crippen molar-refractivity contribution in [1.82, 2.24) is 5.32 Å². The number of hydrogen-bond acceptors (Lipinski definition) is 2. The molecule has 2 N–H and O–H groups in total. The molecule has 0 bridgehead atoms. The summed E-state index contributed by atoms with van der Waals surface area (Å²) < 4.78 is 26.2.